The van der Waals surface area contributed by atoms with Gasteiger partial charge in [0.15, 0.2) is 25.8 Å². The molecule has 4 aromatic rings. The molecular formula is C41H51ClF2N8O6Si. The summed E-state index contributed by atoms with van der Waals surface area (Å²) >= 11 is 6.54. The molecule has 0 unspecified atom stereocenters. The Labute approximate surface area is 348 Å². The maximum Gasteiger partial charge on any atom is 0.407 e. The molecule has 6 rings (SSSR count). The Morgan fingerprint density at radius 2 is 1.54 bits per heavy atom. The molecule has 2 aromatic heterocycles. The molecule has 2 fully saturated rings. The van der Waals surface area contributed by atoms with E-state index in [4.69, 9.17) is 16.0 Å². The van der Waals surface area contributed by atoms with Crippen molar-refractivity contribution in [3.8, 4) is 22.4 Å². The maximum absolute atomic E-state index is 15.8. The van der Waals surface area contributed by atoms with Crippen LogP contribution in [0.4, 0.5) is 19.3 Å². The smallest absolute Gasteiger partial charge is 0.407 e. The van der Waals surface area contributed by atoms with Crippen molar-refractivity contribution in [2.75, 3.05) is 51.2 Å². The third-order valence-electron chi connectivity index (χ3n) is 12.0. The van der Waals surface area contributed by atoms with Crippen LogP contribution in [0, 0.1) is 24.5 Å². The predicted molar refractivity (Wildman–Crippen MR) is 222 cm³/mol. The average molecular weight is 853 g/mol. The van der Waals surface area contributed by atoms with Crippen LogP contribution in [0.2, 0.25) is 23.2 Å². The Hall–Kier alpha value is -5.13. The summed E-state index contributed by atoms with van der Waals surface area (Å²) < 4.78 is 40.9. The average Bonchev–Trinajstić information content (AvgIpc) is 3.76. The topological polar surface area (TPSA) is 155 Å². The Morgan fingerprint density at radius 1 is 0.915 bits per heavy atom. The largest absolute Gasteiger partial charge is 0.465 e. The minimum absolute atomic E-state index is 0.0239. The lowest BCUT2D eigenvalue weighted by atomic mass is 9.95. The fourth-order valence-corrected chi connectivity index (χ4v) is 8.49. The van der Waals surface area contributed by atoms with Gasteiger partial charge in [0.2, 0.25) is 5.91 Å². The van der Waals surface area contributed by atoms with E-state index in [-0.39, 0.29) is 61.7 Å². The molecule has 0 atom stereocenters. The van der Waals surface area contributed by atoms with Gasteiger partial charge in [0.25, 0.3) is 11.8 Å². The fourth-order valence-electron chi connectivity index (χ4n) is 7.20. The van der Waals surface area contributed by atoms with E-state index in [1.54, 1.807) is 21.4 Å². The van der Waals surface area contributed by atoms with E-state index < -0.39 is 32.0 Å². The minimum atomic E-state index is -1.96. The van der Waals surface area contributed by atoms with Crippen molar-refractivity contribution >= 4 is 49.4 Å². The van der Waals surface area contributed by atoms with Crippen LogP contribution < -0.4 is 5.32 Å². The number of likely N-dealkylation sites (tertiary alicyclic amines) is 1. The monoisotopic (exact) mass is 852 g/mol. The summed E-state index contributed by atoms with van der Waals surface area (Å²) in [6.07, 6.45) is 2.77. The highest BCUT2D eigenvalue weighted by Crippen LogP contribution is 2.37. The summed E-state index contributed by atoms with van der Waals surface area (Å²) in [6, 6.07) is 7.42. The van der Waals surface area contributed by atoms with Crippen LogP contribution in [0.25, 0.3) is 22.4 Å². The zero-order valence-corrected chi connectivity index (χ0v) is 36.2. The first-order valence-electron chi connectivity index (χ1n) is 19.6. The number of aromatic nitrogens is 4. The van der Waals surface area contributed by atoms with Gasteiger partial charge in [0.1, 0.15) is 0 Å². The van der Waals surface area contributed by atoms with Crippen molar-refractivity contribution in [3.05, 3.63) is 76.5 Å². The number of rotatable bonds is 10. The first-order valence-corrected chi connectivity index (χ1v) is 22.9. The molecule has 14 nitrogen and oxygen atoms in total. The zero-order valence-electron chi connectivity index (χ0n) is 34.4. The molecular weight excluding hydrogens is 802 g/mol. The van der Waals surface area contributed by atoms with E-state index in [0.29, 0.717) is 76.5 Å². The number of nitrogens with one attached hydrogen (secondary N) is 1. The number of anilines is 1. The highest BCUT2D eigenvalue weighted by Gasteiger charge is 2.37. The predicted octanol–water partition coefficient (Wildman–Crippen LogP) is 7.14. The second-order valence-electron chi connectivity index (χ2n) is 16.6. The maximum atomic E-state index is 15.8. The van der Waals surface area contributed by atoms with Gasteiger partial charge in [-0.15, -0.1) is 0 Å². The number of amides is 4. The lowest BCUT2D eigenvalue weighted by Crippen LogP contribution is -2.53. The van der Waals surface area contributed by atoms with Gasteiger partial charge in [-0.3, -0.25) is 19.1 Å². The Balaban J connectivity index is 1.06. The molecule has 2 N–H and O–H groups in total. The van der Waals surface area contributed by atoms with Crippen LogP contribution in [0.15, 0.2) is 42.7 Å². The number of piperidine rings is 1. The number of piperazine rings is 1. The molecule has 18 heteroatoms. The highest BCUT2D eigenvalue weighted by atomic mass is 35.5. The number of carboxylic acid groups (broad SMARTS) is 1. The van der Waals surface area contributed by atoms with E-state index in [0.717, 1.165) is 0 Å². The van der Waals surface area contributed by atoms with Gasteiger partial charge in [-0.1, -0.05) is 38.4 Å². The van der Waals surface area contributed by atoms with Crippen molar-refractivity contribution < 1.29 is 37.5 Å². The first-order chi connectivity index (χ1) is 27.8. The van der Waals surface area contributed by atoms with Crippen LogP contribution in [0.5, 0.6) is 0 Å². The molecule has 4 amide bonds. The number of halogens is 3. The number of benzene rings is 2. The molecule has 0 aliphatic carbocycles. The van der Waals surface area contributed by atoms with Crippen LogP contribution in [0.3, 0.4) is 0 Å². The number of hydrogen-bond donors (Lipinski definition) is 2. The second-order valence-corrected chi connectivity index (χ2v) is 21.8. The summed E-state index contributed by atoms with van der Waals surface area (Å²) in [4.78, 5) is 59.9. The van der Waals surface area contributed by atoms with E-state index in [1.807, 2.05) is 0 Å². The van der Waals surface area contributed by atoms with E-state index in [2.05, 4.69) is 49.3 Å². The van der Waals surface area contributed by atoms with Crippen LogP contribution in [-0.4, -0.2) is 117 Å². The van der Waals surface area contributed by atoms with Gasteiger partial charge in [-0.05, 0) is 62.2 Å². The number of carbonyl (C=O) groups excluding carboxylic acids is 3. The number of imidazole rings is 1. The number of hydrogen-bond acceptors (Lipinski definition) is 7. The third-order valence-corrected chi connectivity index (χ3v) is 16.8. The van der Waals surface area contributed by atoms with Crippen molar-refractivity contribution in [2.45, 2.75) is 65.2 Å². The van der Waals surface area contributed by atoms with Gasteiger partial charge in [0, 0.05) is 80.3 Å². The molecule has 2 aromatic carbocycles. The molecule has 2 aliphatic heterocycles. The van der Waals surface area contributed by atoms with Gasteiger partial charge < -0.3 is 34.1 Å². The van der Waals surface area contributed by atoms with Crippen molar-refractivity contribution in [3.63, 3.8) is 0 Å². The molecule has 0 saturated carbocycles. The van der Waals surface area contributed by atoms with Crippen molar-refractivity contribution in [1.29, 1.82) is 0 Å². The Bertz CT molecular complexity index is 2260. The quantitative estimate of drug-likeness (QED) is 0.160. The van der Waals surface area contributed by atoms with Crippen molar-refractivity contribution in [1.82, 2.24) is 34.0 Å². The minimum Gasteiger partial charge on any atom is -0.465 e. The Kier molecular flexibility index (Phi) is 12.7. The molecule has 2 saturated heterocycles. The van der Waals surface area contributed by atoms with E-state index in [9.17, 15) is 24.3 Å². The fraction of sp³-hybridized carbons (Fsp3) is 0.463. The van der Waals surface area contributed by atoms with Crippen LogP contribution >= 0.6 is 11.6 Å². The lowest BCUT2D eigenvalue weighted by Gasteiger charge is -2.38. The molecule has 59 heavy (non-hydrogen) atoms. The lowest BCUT2D eigenvalue weighted by molar-refractivity contribution is -0.138. The molecule has 0 radical (unpaired) electrons. The number of nitrogens with zero attached hydrogens (tertiary/aromatic N) is 7. The van der Waals surface area contributed by atoms with Crippen LogP contribution in [0.1, 0.15) is 60.3 Å². The van der Waals surface area contributed by atoms with Crippen molar-refractivity contribution in [2.24, 2.45) is 13.0 Å². The summed E-state index contributed by atoms with van der Waals surface area (Å²) in [5.74, 6) is -3.44. The standard InChI is InChI=1S/C41H51ClF2N8O6Si/c1-25-31(23-46-52(25)20-21-58-59(6,7)41(2,3)4)28-10-11-30(35(44)34(28)43)33-24-45-36(48(33)5)37(53)47-27-8-9-29(32(42)22-27)39(55)50-18-16-49(17-19-50)38(54)26-12-14-51(15-13-26)40(56)57/h8-11,22-24,26H,12-21H2,1-7H3,(H,47,53)(H,56,57). The van der Waals surface area contributed by atoms with Gasteiger partial charge >= 0.3 is 6.09 Å². The molecule has 0 bridgehead atoms. The molecule has 4 heterocycles. The zero-order chi connectivity index (χ0) is 43.0. The van der Waals surface area contributed by atoms with Gasteiger partial charge in [-0.25, -0.2) is 18.6 Å². The third kappa shape index (κ3) is 9.06. The van der Waals surface area contributed by atoms with E-state index in [1.165, 1.54) is 59.2 Å². The second kappa shape index (κ2) is 17.2. The SMILES string of the molecule is Cc1c(-c2ccc(-c3cnc(C(=O)Nc4ccc(C(=O)N5CCN(C(=O)C6CCN(C(=O)O)CC6)CC5)c(Cl)c4)n3C)c(F)c2F)cnn1CCO[Si](C)(C)C(C)(C)C. The summed E-state index contributed by atoms with van der Waals surface area (Å²) in [6.45, 7) is 15.5. The summed E-state index contributed by atoms with van der Waals surface area (Å²) in [5, 5.41) is 16.5. The highest BCUT2D eigenvalue weighted by molar-refractivity contribution is 6.74. The first kappa shape index (κ1) is 43.4. The van der Waals surface area contributed by atoms with E-state index >= 15 is 8.78 Å². The van der Waals surface area contributed by atoms with Gasteiger partial charge in [-0.2, -0.15) is 5.10 Å². The van der Waals surface area contributed by atoms with Crippen LogP contribution in [-0.2, 0) is 22.8 Å². The molecule has 0 spiro atoms. The summed E-state index contributed by atoms with van der Waals surface area (Å²) in [5.41, 5.74) is 1.80. The molecule has 316 valence electrons. The van der Waals surface area contributed by atoms with Gasteiger partial charge in [0.05, 0.1) is 41.8 Å². The normalized spacial score (nSPS) is 15.5. The summed E-state index contributed by atoms with van der Waals surface area (Å²) in [7, 11) is -0.442. The number of carbonyl (C=O) groups is 4. The molecule has 2 aliphatic rings. The Morgan fingerprint density at radius 3 is 2.17 bits per heavy atom.